The Morgan fingerprint density at radius 3 is 2.95 bits per heavy atom. The number of aliphatic hydroxyl groups is 3. The van der Waals surface area contributed by atoms with Crippen LogP contribution in [-0.2, 0) is 11.3 Å². The fourth-order valence-corrected chi connectivity index (χ4v) is 2.32. The van der Waals surface area contributed by atoms with Gasteiger partial charge in [-0.3, -0.25) is 15.3 Å². The van der Waals surface area contributed by atoms with E-state index < -0.39 is 37.2 Å². The second-order valence-electron chi connectivity index (χ2n) is 4.56. The highest BCUT2D eigenvalue weighted by Gasteiger charge is 2.47. The van der Waals surface area contributed by atoms with Gasteiger partial charge >= 0.3 is 6.03 Å². The number of urea groups is 1. The molecule has 0 unspecified atom stereocenters. The van der Waals surface area contributed by atoms with Crippen LogP contribution >= 0.6 is 0 Å². The summed E-state index contributed by atoms with van der Waals surface area (Å²) in [5, 5.41) is 37.6. The monoisotopic (exact) mass is 270 g/mol. The van der Waals surface area contributed by atoms with E-state index in [2.05, 4.69) is 15.5 Å². The highest BCUT2D eigenvalue weighted by atomic mass is 16.6. The second kappa shape index (κ2) is 4.46. The van der Waals surface area contributed by atoms with Crippen LogP contribution in [-0.4, -0.2) is 67.6 Å². The lowest BCUT2D eigenvalue weighted by Crippen LogP contribution is -2.50. The third-order valence-corrected chi connectivity index (χ3v) is 3.38. The van der Waals surface area contributed by atoms with Crippen molar-refractivity contribution in [3.63, 3.8) is 0 Å². The first-order chi connectivity index (χ1) is 9.11. The molecule has 0 aliphatic carbocycles. The van der Waals surface area contributed by atoms with Crippen LogP contribution in [0.5, 0.6) is 0 Å². The first-order valence-electron chi connectivity index (χ1n) is 5.84. The molecular weight excluding hydrogens is 256 g/mol. The van der Waals surface area contributed by atoms with Gasteiger partial charge in [0.15, 0.2) is 6.23 Å². The standard InChI is InChI=1S/C10H14N4O5/c15-3-5-6(16)7(17)9(19-5)14-2-4-1-11-13-8(4)12-10(14)18/h1,5-7,9,15-17H,2-3H2,(H2,11,12,13,18)/t5-,6-,7-,9-/m1/s1. The third-order valence-electron chi connectivity index (χ3n) is 3.38. The molecule has 1 fully saturated rings. The SMILES string of the molecule is O=C1Nc2[nH]ncc2CN1[C@@H]1O[C@H](CO)[C@@H](O)[C@H]1O. The van der Waals surface area contributed by atoms with Crippen LogP contribution in [0.3, 0.4) is 0 Å². The Morgan fingerprint density at radius 2 is 2.26 bits per heavy atom. The molecular formula is C10H14N4O5. The molecule has 0 saturated carbocycles. The number of amides is 2. The highest BCUT2D eigenvalue weighted by molar-refractivity contribution is 5.91. The number of nitrogens with one attached hydrogen (secondary N) is 2. The van der Waals surface area contributed by atoms with E-state index in [0.29, 0.717) is 5.82 Å². The zero-order valence-corrected chi connectivity index (χ0v) is 9.85. The molecule has 1 aromatic heterocycles. The maximum Gasteiger partial charge on any atom is 0.325 e. The Kier molecular flexibility index (Phi) is 2.90. The summed E-state index contributed by atoms with van der Waals surface area (Å²) in [6.07, 6.45) is -2.85. The summed E-state index contributed by atoms with van der Waals surface area (Å²) in [4.78, 5) is 13.2. The molecule has 0 bridgehead atoms. The fourth-order valence-electron chi connectivity index (χ4n) is 2.32. The van der Waals surface area contributed by atoms with Crippen LogP contribution in [0.4, 0.5) is 10.6 Å². The minimum absolute atomic E-state index is 0.199. The predicted octanol–water partition coefficient (Wildman–Crippen LogP) is -1.80. The van der Waals surface area contributed by atoms with Crippen LogP contribution < -0.4 is 5.32 Å². The topological polar surface area (TPSA) is 131 Å². The predicted molar refractivity (Wildman–Crippen MR) is 60.9 cm³/mol. The van der Waals surface area contributed by atoms with Crippen LogP contribution in [0.15, 0.2) is 6.20 Å². The van der Waals surface area contributed by atoms with Gasteiger partial charge in [0, 0.05) is 5.56 Å². The van der Waals surface area contributed by atoms with Crippen molar-refractivity contribution >= 4 is 11.8 Å². The average molecular weight is 270 g/mol. The number of carbonyl (C=O) groups excluding carboxylic acids is 1. The van der Waals surface area contributed by atoms with Gasteiger partial charge in [-0.1, -0.05) is 0 Å². The molecule has 3 rings (SSSR count). The van der Waals surface area contributed by atoms with Crippen molar-refractivity contribution in [2.24, 2.45) is 0 Å². The number of rotatable bonds is 2. The van der Waals surface area contributed by atoms with Crippen molar-refractivity contribution in [2.45, 2.75) is 31.1 Å². The van der Waals surface area contributed by atoms with Gasteiger partial charge in [-0.2, -0.15) is 5.10 Å². The number of anilines is 1. The average Bonchev–Trinajstić information content (AvgIpc) is 2.95. The molecule has 5 N–H and O–H groups in total. The lowest BCUT2D eigenvalue weighted by molar-refractivity contribution is -0.0808. The first-order valence-corrected chi connectivity index (χ1v) is 5.84. The van der Waals surface area contributed by atoms with Crippen LogP contribution in [0.1, 0.15) is 5.56 Å². The van der Waals surface area contributed by atoms with Gasteiger partial charge in [0.1, 0.15) is 24.1 Å². The fraction of sp³-hybridized carbons (Fsp3) is 0.600. The van der Waals surface area contributed by atoms with Gasteiger partial charge in [-0.25, -0.2) is 4.79 Å². The number of aliphatic hydroxyl groups excluding tert-OH is 3. The molecule has 9 nitrogen and oxygen atoms in total. The van der Waals surface area contributed by atoms with Crippen molar-refractivity contribution in [1.29, 1.82) is 0 Å². The number of ether oxygens (including phenoxy) is 1. The molecule has 9 heteroatoms. The van der Waals surface area contributed by atoms with E-state index in [0.717, 1.165) is 5.56 Å². The second-order valence-corrected chi connectivity index (χ2v) is 4.56. The van der Waals surface area contributed by atoms with Crippen LogP contribution in [0.2, 0.25) is 0 Å². The number of aromatic amines is 1. The number of hydrogen-bond acceptors (Lipinski definition) is 6. The summed E-state index contributed by atoms with van der Waals surface area (Å²) < 4.78 is 5.32. The van der Waals surface area contributed by atoms with Gasteiger partial charge in [0.25, 0.3) is 0 Å². The summed E-state index contributed by atoms with van der Waals surface area (Å²) >= 11 is 0. The van der Waals surface area contributed by atoms with E-state index >= 15 is 0 Å². The van der Waals surface area contributed by atoms with Crippen molar-refractivity contribution in [3.05, 3.63) is 11.8 Å². The molecule has 0 spiro atoms. The van der Waals surface area contributed by atoms with Crippen molar-refractivity contribution < 1.29 is 24.9 Å². The van der Waals surface area contributed by atoms with E-state index in [-0.39, 0.29) is 6.54 Å². The largest absolute Gasteiger partial charge is 0.394 e. The summed E-state index contributed by atoms with van der Waals surface area (Å²) in [7, 11) is 0. The van der Waals surface area contributed by atoms with E-state index in [1.54, 1.807) is 6.20 Å². The summed E-state index contributed by atoms with van der Waals surface area (Å²) in [5.41, 5.74) is 0.748. The van der Waals surface area contributed by atoms with Crippen LogP contribution in [0.25, 0.3) is 0 Å². The minimum atomic E-state index is -1.27. The van der Waals surface area contributed by atoms with Gasteiger partial charge < -0.3 is 20.1 Å². The van der Waals surface area contributed by atoms with E-state index in [1.165, 1.54) is 4.90 Å². The Bertz CT molecular complexity index is 492. The molecule has 2 amide bonds. The summed E-state index contributed by atoms with van der Waals surface area (Å²) in [6, 6.07) is -0.466. The van der Waals surface area contributed by atoms with E-state index in [1.807, 2.05) is 0 Å². The normalized spacial score (nSPS) is 34.3. The summed E-state index contributed by atoms with van der Waals surface area (Å²) in [6.45, 7) is -0.231. The maximum absolute atomic E-state index is 11.9. The van der Waals surface area contributed by atoms with Gasteiger partial charge in [0.05, 0.1) is 19.3 Å². The smallest absolute Gasteiger partial charge is 0.325 e. The molecule has 104 valence electrons. The number of fused-ring (bicyclic) bond motifs is 1. The van der Waals surface area contributed by atoms with Crippen molar-refractivity contribution in [1.82, 2.24) is 15.1 Å². The Morgan fingerprint density at radius 1 is 1.47 bits per heavy atom. The van der Waals surface area contributed by atoms with Crippen molar-refractivity contribution in [3.8, 4) is 0 Å². The molecule has 4 atom stereocenters. The number of nitrogens with zero attached hydrogens (tertiary/aromatic N) is 2. The lowest BCUT2D eigenvalue weighted by Gasteiger charge is -2.33. The van der Waals surface area contributed by atoms with E-state index in [9.17, 15) is 15.0 Å². The van der Waals surface area contributed by atoms with Gasteiger partial charge in [0.2, 0.25) is 0 Å². The quantitative estimate of drug-likeness (QED) is 0.431. The summed E-state index contributed by atoms with van der Waals surface area (Å²) in [5.74, 6) is 0.507. The number of carbonyl (C=O) groups is 1. The lowest BCUT2D eigenvalue weighted by atomic mass is 10.1. The molecule has 2 aliphatic heterocycles. The molecule has 3 heterocycles. The number of hydrogen-bond donors (Lipinski definition) is 5. The Hall–Kier alpha value is -1.68. The number of H-pyrrole nitrogens is 1. The van der Waals surface area contributed by atoms with Gasteiger partial charge in [-0.15, -0.1) is 0 Å². The molecule has 19 heavy (non-hydrogen) atoms. The first kappa shape index (κ1) is 12.4. The zero-order chi connectivity index (χ0) is 13.6. The minimum Gasteiger partial charge on any atom is -0.394 e. The Labute approximate surface area is 107 Å². The molecule has 0 aromatic carbocycles. The van der Waals surface area contributed by atoms with E-state index in [4.69, 9.17) is 9.84 Å². The Balaban J connectivity index is 1.82. The molecule has 1 aromatic rings. The van der Waals surface area contributed by atoms with Crippen molar-refractivity contribution in [2.75, 3.05) is 11.9 Å². The molecule has 0 radical (unpaired) electrons. The number of aromatic nitrogens is 2. The third kappa shape index (κ3) is 1.87. The molecule has 1 saturated heterocycles. The van der Waals surface area contributed by atoms with Gasteiger partial charge in [-0.05, 0) is 0 Å². The maximum atomic E-state index is 11.9. The van der Waals surface area contributed by atoms with Crippen LogP contribution in [0, 0.1) is 0 Å². The highest BCUT2D eigenvalue weighted by Crippen LogP contribution is 2.29. The zero-order valence-electron chi connectivity index (χ0n) is 9.85. The molecule has 2 aliphatic rings.